The van der Waals surface area contributed by atoms with E-state index in [1.54, 1.807) is 0 Å². The highest BCUT2D eigenvalue weighted by Crippen LogP contribution is 2.32. The first-order chi connectivity index (χ1) is 8.39. The van der Waals surface area contributed by atoms with Gasteiger partial charge >= 0.3 is 0 Å². The molecular weight excluding hydrogens is 290 g/mol. The molecule has 0 atom stereocenters. The van der Waals surface area contributed by atoms with Gasteiger partial charge in [-0.3, -0.25) is 0 Å². The Morgan fingerprint density at radius 1 is 1.06 bits per heavy atom. The summed E-state index contributed by atoms with van der Waals surface area (Å²) in [6.07, 6.45) is 0. The van der Waals surface area contributed by atoms with E-state index in [4.69, 9.17) is 5.73 Å². The van der Waals surface area contributed by atoms with Crippen molar-refractivity contribution in [2.24, 2.45) is 0 Å². The number of rotatable bonds is 1. The van der Waals surface area contributed by atoms with Crippen LogP contribution in [0.15, 0.2) is 34.8 Å². The van der Waals surface area contributed by atoms with Crippen molar-refractivity contribution in [2.45, 2.75) is 26.2 Å². The molecule has 0 unspecified atom stereocenters. The molecule has 18 heavy (non-hydrogen) atoms. The molecule has 1 aromatic carbocycles. The van der Waals surface area contributed by atoms with Gasteiger partial charge in [-0.1, -0.05) is 51.1 Å². The van der Waals surface area contributed by atoms with E-state index in [1.807, 2.05) is 30.3 Å². The molecule has 2 rings (SSSR count). The minimum absolute atomic E-state index is 0.0839. The molecule has 0 saturated carbocycles. The van der Waals surface area contributed by atoms with E-state index in [1.165, 1.54) is 0 Å². The summed E-state index contributed by atoms with van der Waals surface area (Å²) < 4.78 is 0.787. The molecule has 0 saturated heterocycles. The van der Waals surface area contributed by atoms with Crippen molar-refractivity contribution in [2.75, 3.05) is 5.73 Å². The Kier molecular flexibility index (Phi) is 3.39. The van der Waals surface area contributed by atoms with Crippen molar-refractivity contribution < 1.29 is 0 Å². The summed E-state index contributed by atoms with van der Waals surface area (Å²) in [6.45, 7) is 6.32. The van der Waals surface area contributed by atoms with Gasteiger partial charge in [-0.05, 0) is 15.9 Å². The summed E-state index contributed by atoms with van der Waals surface area (Å²) in [5.41, 5.74) is 7.77. The second-order valence-electron chi connectivity index (χ2n) is 5.21. The summed E-state index contributed by atoms with van der Waals surface area (Å²) in [7, 11) is 0. The molecule has 0 aliphatic carbocycles. The Morgan fingerprint density at radius 2 is 1.67 bits per heavy atom. The van der Waals surface area contributed by atoms with Crippen molar-refractivity contribution in [3.05, 3.63) is 40.5 Å². The second-order valence-corrected chi connectivity index (χ2v) is 6.00. The fourth-order valence-corrected chi connectivity index (χ4v) is 2.45. The van der Waals surface area contributed by atoms with E-state index in [9.17, 15) is 0 Å². The minimum atomic E-state index is -0.0839. The summed E-state index contributed by atoms with van der Waals surface area (Å²) in [4.78, 5) is 8.97. The highest BCUT2D eigenvalue weighted by Gasteiger charge is 2.22. The van der Waals surface area contributed by atoms with E-state index in [0.29, 0.717) is 11.6 Å². The molecule has 2 N–H and O–H groups in total. The summed E-state index contributed by atoms with van der Waals surface area (Å²) >= 11 is 3.47. The van der Waals surface area contributed by atoms with Gasteiger partial charge in [-0.2, -0.15) is 0 Å². The molecule has 1 heterocycles. The first kappa shape index (κ1) is 13.0. The van der Waals surface area contributed by atoms with Crippen molar-refractivity contribution in [3.8, 4) is 11.4 Å². The largest absolute Gasteiger partial charge is 0.383 e. The molecule has 0 aliphatic heterocycles. The number of nitrogens with zero attached hydrogens (tertiary/aromatic N) is 2. The third kappa shape index (κ3) is 2.53. The van der Waals surface area contributed by atoms with Crippen LogP contribution in [0, 0.1) is 0 Å². The zero-order valence-corrected chi connectivity index (χ0v) is 12.3. The van der Waals surface area contributed by atoms with Crippen molar-refractivity contribution >= 4 is 21.7 Å². The summed E-state index contributed by atoms with van der Waals surface area (Å²) in [6, 6.07) is 9.86. The van der Waals surface area contributed by atoms with E-state index in [-0.39, 0.29) is 5.41 Å². The molecule has 0 spiro atoms. The maximum absolute atomic E-state index is 5.96. The third-order valence-electron chi connectivity index (χ3n) is 2.62. The average Bonchev–Trinajstić information content (AvgIpc) is 2.32. The number of halogens is 1. The molecule has 2 aromatic rings. The van der Waals surface area contributed by atoms with Crippen LogP contribution < -0.4 is 5.73 Å². The van der Waals surface area contributed by atoms with Gasteiger partial charge in [0.1, 0.15) is 5.82 Å². The lowest BCUT2D eigenvalue weighted by atomic mass is 9.91. The monoisotopic (exact) mass is 305 g/mol. The van der Waals surface area contributed by atoms with Gasteiger partial charge in [0, 0.05) is 11.0 Å². The van der Waals surface area contributed by atoms with Crippen LogP contribution in [0.25, 0.3) is 11.4 Å². The van der Waals surface area contributed by atoms with Crippen LogP contribution in [-0.2, 0) is 5.41 Å². The molecular formula is C14H16BrN3. The van der Waals surface area contributed by atoms with Crippen LogP contribution >= 0.6 is 15.9 Å². The van der Waals surface area contributed by atoms with Crippen LogP contribution in [0.5, 0.6) is 0 Å². The number of hydrogen-bond donors (Lipinski definition) is 1. The Balaban J connectivity index is 2.62. The number of benzene rings is 1. The number of nitrogen functional groups attached to an aromatic ring is 1. The first-order valence-electron chi connectivity index (χ1n) is 5.78. The van der Waals surface area contributed by atoms with E-state index in [0.717, 1.165) is 15.7 Å². The molecule has 1 aromatic heterocycles. The number of anilines is 1. The third-order valence-corrected chi connectivity index (χ3v) is 3.40. The van der Waals surface area contributed by atoms with E-state index >= 15 is 0 Å². The Hall–Kier alpha value is -1.42. The maximum Gasteiger partial charge on any atom is 0.161 e. The van der Waals surface area contributed by atoms with E-state index < -0.39 is 0 Å². The Bertz CT molecular complexity index is 559. The normalized spacial score (nSPS) is 11.6. The molecule has 94 valence electrons. The molecule has 0 aliphatic rings. The minimum Gasteiger partial charge on any atom is -0.383 e. The zero-order valence-electron chi connectivity index (χ0n) is 10.7. The highest BCUT2D eigenvalue weighted by molar-refractivity contribution is 9.10. The van der Waals surface area contributed by atoms with Gasteiger partial charge in [-0.25, -0.2) is 9.97 Å². The molecule has 0 fully saturated rings. The van der Waals surface area contributed by atoms with Crippen LogP contribution in [-0.4, -0.2) is 9.97 Å². The van der Waals surface area contributed by atoms with Crippen LogP contribution in [0.1, 0.15) is 26.5 Å². The van der Waals surface area contributed by atoms with Gasteiger partial charge in [0.05, 0.1) is 10.2 Å². The second kappa shape index (κ2) is 4.69. The lowest BCUT2D eigenvalue weighted by molar-refractivity contribution is 0.565. The molecule has 4 heteroatoms. The van der Waals surface area contributed by atoms with Crippen molar-refractivity contribution in [3.63, 3.8) is 0 Å². The van der Waals surface area contributed by atoms with Crippen molar-refractivity contribution in [1.29, 1.82) is 0 Å². The summed E-state index contributed by atoms with van der Waals surface area (Å²) in [5.74, 6) is 1.15. The lowest BCUT2D eigenvalue weighted by Gasteiger charge is -2.20. The molecule has 0 radical (unpaired) electrons. The molecule has 0 amide bonds. The van der Waals surface area contributed by atoms with Crippen LogP contribution in [0.3, 0.4) is 0 Å². The number of aromatic nitrogens is 2. The summed E-state index contributed by atoms with van der Waals surface area (Å²) in [5, 5.41) is 0. The standard InChI is InChI=1S/C14H16BrN3/c1-14(2,3)11-10(15)12(16)18-13(17-11)9-7-5-4-6-8-9/h4-8H,1-3H3,(H2,16,17,18). The maximum atomic E-state index is 5.96. The average molecular weight is 306 g/mol. The first-order valence-corrected chi connectivity index (χ1v) is 6.58. The zero-order chi connectivity index (χ0) is 13.3. The van der Waals surface area contributed by atoms with E-state index in [2.05, 4.69) is 46.7 Å². The smallest absolute Gasteiger partial charge is 0.161 e. The quantitative estimate of drug-likeness (QED) is 0.872. The Labute approximate surface area is 116 Å². The number of hydrogen-bond acceptors (Lipinski definition) is 3. The fraction of sp³-hybridized carbons (Fsp3) is 0.286. The van der Waals surface area contributed by atoms with Gasteiger partial charge in [0.25, 0.3) is 0 Å². The molecule has 0 bridgehead atoms. The fourth-order valence-electron chi connectivity index (χ4n) is 1.68. The van der Waals surface area contributed by atoms with Gasteiger partial charge < -0.3 is 5.73 Å². The predicted octanol–water partition coefficient (Wildman–Crippen LogP) is 3.79. The lowest BCUT2D eigenvalue weighted by Crippen LogP contribution is -2.17. The van der Waals surface area contributed by atoms with Gasteiger partial charge in [0.2, 0.25) is 0 Å². The van der Waals surface area contributed by atoms with Gasteiger partial charge in [-0.15, -0.1) is 0 Å². The van der Waals surface area contributed by atoms with Gasteiger partial charge in [0.15, 0.2) is 5.82 Å². The topological polar surface area (TPSA) is 51.8 Å². The molecule has 3 nitrogen and oxygen atoms in total. The Morgan fingerprint density at radius 3 is 2.22 bits per heavy atom. The predicted molar refractivity (Wildman–Crippen MR) is 78.3 cm³/mol. The van der Waals surface area contributed by atoms with Crippen LogP contribution in [0.4, 0.5) is 5.82 Å². The SMILES string of the molecule is CC(C)(C)c1nc(-c2ccccc2)nc(N)c1Br. The number of nitrogens with two attached hydrogens (primary N) is 1. The van der Waals surface area contributed by atoms with Crippen LogP contribution in [0.2, 0.25) is 0 Å². The highest BCUT2D eigenvalue weighted by atomic mass is 79.9. The van der Waals surface area contributed by atoms with Crippen molar-refractivity contribution in [1.82, 2.24) is 9.97 Å².